The fourth-order valence-electron chi connectivity index (χ4n) is 1.93. The summed E-state index contributed by atoms with van der Waals surface area (Å²) in [4.78, 5) is 23.4. The van der Waals surface area contributed by atoms with E-state index in [0.717, 1.165) is 24.8 Å². The largest absolute Gasteiger partial charge is 0.478 e. The van der Waals surface area contributed by atoms with E-state index in [9.17, 15) is 9.59 Å². The number of hydrogen-bond acceptors (Lipinski definition) is 2. The lowest BCUT2D eigenvalue weighted by Gasteiger charge is -2.34. The second-order valence-corrected chi connectivity index (χ2v) is 4.36. The van der Waals surface area contributed by atoms with Crippen molar-refractivity contribution < 1.29 is 14.7 Å². The molecule has 1 aromatic rings. The smallest absolute Gasteiger partial charge is 0.335 e. The molecule has 90 valence electrons. The number of amides is 1. The van der Waals surface area contributed by atoms with Gasteiger partial charge in [-0.1, -0.05) is 12.1 Å². The van der Waals surface area contributed by atoms with Crippen molar-refractivity contribution in [2.75, 3.05) is 0 Å². The van der Waals surface area contributed by atoms with Gasteiger partial charge in [-0.3, -0.25) is 4.79 Å². The normalized spacial score (nSPS) is 15.1. The summed E-state index contributed by atoms with van der Waals surface area (Å²) in [6, 6.07) is 7.03. The maximum absolute atomic E-state index is 11.0. The summed E-state index contributed by atoms with van der Waals surface area (Å²) in [5.41, 5.74) is 1.24. The second kappa shape index (κ2) is 4.99. The number of benzene rings is 1. The van der Waals surface area contributed by atoms with Crippen LogP contribution in [0.25, 0.3) is 0 Å². The third-order valence-corrected chi connectivity index (χ3v) is 3.25. The first-order valence-electron chi connectivity index (χ1n) is 5.74. The van der Waals surface area contributed by atoms with E-state index in [1.807, 2.05) is 0 Å². The van der Waals surface area contributed by atoms with Crippen molar-refractivity contribution in [1.82, 2.24) is 4.90 Å². The van der Waals surface area contributed by atoms with Crippen LogP contribution >= 0.6 is 0 Å². The summed E-state index contributed by atoms with van der Waals surface area (Å²) in [6.45, 7) is 0.564. The first-order chi connectivity index (χ1) is 8.20. The molecule has 1 aromatic carbocycles. The quantitative estimate of drug-likeness (QED) is 0.790. The average molecular weight is 233 g/mol. The molecule has 0 heterocycles. The molecule has 2 rings (SSSR count). The van der Waals surface area contributed by atoms with E-state index in [4.69, 9.17) is 5.11 Å². The van der Waals surface area contributed by atoms with Crippen LogP contribution in [0.15, 0.2) is 24.3 Å². The van der Waals surface area contributed by atoms with Gasteiger partial charge in [-0.15, -0.1) is 0 Å². The van der Waals surface area contributed by atoms with Crippen molar-refractivity contribution in [2.45, 2.75) is 31.8 Å². The Balaban J connectivity index is 2.01. The molecule has 0 unspecified atom stereocenters. The molecule has 0 bridgehead atoms. The summed E-state index contributed by atoms with van der Waals surface area (Å²) < 4.78 is 0. The molecule has 1 fully saturated rings. The Labute approximate surface area is 99.9 Å². The SMILES string of the molecule is O=CN(Cc1ccc(C(=O)O)cc1)C1CCC1. The predicted molar refractivity (Wildman–Crippen MR) is 62.6 cm³/mol. The summed E-state index contributed by atoms with van der Waals surface area (Å²) in [5, 5.41) is 8.77. The lowest BCUT2D eigenvalue weighted by Crippen LogP contribution is -2.38. The monoisotopic (exact) mass is 233 g/mol. The number of carbonyl (C=O) groups is 2. The molecule has 0 atom stereocenters. The number of hydrogen-bond donors (Lipinski definition) is 1. The van der Waals surface area contributed by atoms with Crippen molar-refractivity contribution in [2.24, 2.45) is 0 Å². The minimum absolute atomic E-state index is 0.273. The Morgan fingerprint density at radius 3 is 2.41 bits per heavy atom. The van der Waals surface area contributed by atoms with Gasteiger partial charge in [-0.2, -0.15) is 0 Å². The highest BCUT2D eigenvalue weighted by atomic mass is 16.4. The van der Waals surface area contributed by atoms with Gasteiger partial charge in [0.15, 0.2) is 0 Å². The maximum Gasteiger partial charge on any atom is 0.335 e. The molecule has 1 N–H and O–H groups in total. The molecule has 1 saturated carbocycles. The van der Waals surface area contributed by atoms with Crippen LogP contribution < -0.4 is 0 Å². The van der Waals surface area contributed by atoms with Gasteiger partial charge < -0.3 is 10.0 Å². The molecule has 0 radical (unpaired) electrons. The second-order valence-electron chi connectivity index (χ2n) is 4.36. The number of nitrogens with zero attached hydrogens (tertiary/aromatic N) is 1. The fraction of sp³-hybridized carbons (Fsp3) is 0.385. The van der Waals surface area contributed by atoms with Crippen molar-refractivity contribution in [3.63, 3.8) is 0 Å². The van der Waals surface area contributed by atoms with Crippen LogP contribution in [0.2, 0.25) is 0 Å². The predicted octanol–water partition coefficient (Wildman–Crippen LogP) is 1.90. The minimum atomic E-state index is -0.928. The molecular weight excluding hydrogens is 218 g/mol. The number of carboxylic acid groups (broad SMARTS) is 1. The molecule has 17 heavy (non-hydrogen) atoms. The maximum atomic E-state index is 11.0. The van der Waals surface area contributed by atoms with E-state index in [2.05, 4.69) is 0 Å². The molecule has 1 aliphatic rings. The molecule has 0 aromatic heterocycles. The first-order valence-corrected chi connectivity index (χ1v) is 5.74. The van der Waals surface area contributed by atoms with Gasteiger partial charge in [-0.25, -0.2) is 4.79 Å². The molecule has 0 aliphatic heterocycles. The highest BCUT2D eigenvalue weighted by molar-refractivity contribution is 5.87. The van der Waals surface area contributed by atoms with E-state index in [1.54, 1.807) is 29.2 Å². The van der Waals surface area contributed by atoms with Crippen LogP contribution in [0.4, 0.5) is 0 Å². The van der Waals surface area contributed by atoms with Gasteiger partial charge in [0, 0.05) is 12.6 Å². The van der Waals surface area contributed by atoms with Gasteiger partial charge in [-0.05, 0) is 37.0 Å². The molecule has 4 nitrogen and oxygen atoms in total. The van der Waals surface area contributed by atoms with E-state index in [-0.39, 0.29) is 5.56 Å². The topological polar surface area (TPSA) is 57.6 Å². The Kier molecular flexibility index (Phi) is 3.42. The van der Waals surface area contributed by atoms with E-state index in [0.29, 0.717) is 12.6 Å². The van der Waals surface area contributed by atoms with Crippen LogP contribution in [0.1, 0.15) is 35.2 Å². The highest BCUT2D eigenvalue weighted by Crippen LogP contribution is 2.25. The van der Waals surface area contributed by atoms with Gasteiger partial charge >= 0.3 is 5.97 Å². The van der Waals surface area contributed by atoms with Gasteiger partial charge in [0.1, 0.15) is 0 Å². The average Bonchev–Trinajstić information content (AvgIpc) is 2.26. The number of aromatic carboxylic acids is 1. The van der Waals surface area contributed by atoms with Crippen LogP contribution in [-0.4, -0.2) is 28.4 Å². The van der Waals surface area contributed by atoms with Gasteiger partial charge in [0.05, 0.1) is 5.56 Å². The van der Waals surface area contributed by atoms with E-state index >= 15 is 0 Å². The Morgan fingerprint density at radius 2 is 2.00 bits per heavy atom. The van der Waals surface area contributed by atoms with Crippen LogP contribution in [0.5, 0.6) is 0 Å². The Hall–Kier alpha value is -1.84. The number of carboxylic acids is 1. The standard InChI is InChI=1S/C13H15NO3/c15-9-14(12-2-1-3-12)8-10-4-6-11(7-5-10)13(16)17/h4-7,9,12H,1-3,8H2,(H,16,17). The third kappa shape index (κ3) is 2.64. The van der Waals surface area contributed by atoms with Crippen molar-refractivity contribution in [3.8, 4) is 0 Å². The molecular formula is C13H15NO3. The van der Waals surface area contributed by atoms with Crippen LogP contribution in [0.3, 0.4) is 0 Å². The van der Waals surface area contributed by atoms with E-state index < -0.39 is 5.97 Å². The number of rotatable bonds is 5. The zero-order chi connectivity index (χ0) is 12.3. The molecule has 1 amide bonds. The summed E-state index contributed by atoms with van der Waals surface area (Å²) >= 11 is 0. The van der Waals surface area contributed by atoms with Gasteiger partial charge in [0.2, 0.25) is 6.41 Å². The molecule has 0 spiro atoms. The van der Waals surface area contributed by atoms with Crippen molar-refractivity contribution in [3.05, 3.63) is 35.4 Å². The Bertz CT molecular complexity index is 409. The first kappa shape index (κ1) is 11.6. The lowest BCUT2D eigenvalue weighted by molar-refractivity contribution is -0.122. The zero-order valence-corrected chi connectivity index (χ0v) is 9.50. The van der Waals surface area contributed by atoms with Gasteiger partial charge in [0.25, 0.3) is 0 Å². The molecule has 4 heteroatoms. The highest BCUT2D eigenvalue weighted by Gasteiger charge is 2.23. The summed E-state index contributed by atoms with van der Waals surface area (Å²) in [6.07, 6.45) is 4.22. The third-order valence-electron chi connectivity index (χ3n) is 3.25. The summed E-state index contributed by atoms with van der Waals surface area (Å²) in [7, 11) is 0. The van der Waals surface area contributed by atoms with Crippen LogP contribution in [0, 0.1) is 0 Å². The van der Waals surface area contributed by atoms with Crippen LogP contribution in [-0.2, 0) is 11.3 Å². The van der Waals surface area contributed by atoms with E-state index in [1.165, 1.54) is 6.42 Å². The summed E-state index contributed by atoms with van der Waals surface area (Å²) in [5.74, 6) is -0.928. The Morgan fingerprint density at radius 1 is 1.35 bits per heavy atom. The fourth-order valence-corrected chi connectivity index (χ4v) is 1.93. The zero-order valence-electron chi connectivity index (χ0n) is 9.50. The molecule has 0 saturated heterocycles. The lowest BCUT2D eigenvalue weighted by atomic mass is 9.91. The van der Waals surface area contributed by atoms with Crippen molar-refractivity contribution in [1.29, 1.82) is 0 Å². The molecule has 1 aliphatic carbocycles. The number of carbonyl (C=O) groups excluding carboxylic acids is 1. The van der Waals surface area contributed by atoms with Crippen molar-refractivity contribution >= 4 is 12.4 Å². The minimum Gasteiger partial charge on any atom is -0.478 e.